The molecule has 0 aromatic heterocycles. The Hall–Kier alpha value is -5.64. The molecular formula is C41H33N3. The smallest absolute Gasteiger partial charge is 0.202 e. The molecule has 0 saturated carbocycles. The third-order valence-corrected chi connectivity index (χ3v) is 8.13. The fraction of sp³-hybridized carbons (Fsp3) is 0.122. The maximum Gasteiger partial charge on any atom is 0.202 e. The van der Waals surface area contributed by atoms with Crippen LogP contribution in [0.3, 0.4) is 0 Å². The van der Waals surface area contributed by atoms with E-state index in [1.807, 2.05) is 30.3 Å². The summed E-state index contributed by atoms with van der Waals surface area (Å²) in [5.74, 6) is 0. The number of benzene rings is 6. The Morgan fingerprint density at radius 2 is 1.25 bits per heavy atom. The van der Waals surface area contributed by atoms with Crippen LogP contribution in [0.15, 0.2) is 115 Å². The molecule has 0 aliphatic heterocycles. The summed E-state index contributed by atoms with van der Waals surface area (Å²) in [4.78, 5) is 6.20. The second-order valence-electron chi connectivity index (χ2n) is 12.2. The molecule has 44 heavy (non-hydrogen) atoms. The van der Waals surface area contributed by atoms with Crippen molar-refractivity contribution in [2.45, 2.75) is 33.1 Å². The minimum Gasteiger partial charge on any atom is -0.311 e. The fourth-order valence-electron chi connectivity index (χ4n) is 5.68. The summed E-state index contributed by atoms with van der Waals surface area (Å²) in [7, 11) is 0. The Labute approximate surface area is 259 Å². The second-order valence-corrected chi connectivity index (χ2v) is 12.2. The molecule has 0 heterocycles. The van der Waals surface area contributed by atoms with E-state index >= 15 is 0 Å². The first kappa shape index (κ1) is 28.5. The van der Waals surface area contributed by atoms with Gasteiger partial charge in [0.05, 0.1) is 12.1 Å². The van der Waals surface area contributed by atoms with E-state index in [1.54, 1.807) is 0 Å². The van der Waals surface area contributed by atoms with Gasteiger partial charge < -0.3 is 4.90 Å². The monoisotopic (exact) mass is 567 g/mol. The molecule has 0 aliphatic rings. The molecule has 0 amide bonds. The molecule has 6 aromatic carbocycles. The van der Waals surface area contributed by atoms with Crippen molar-refractivity contribution in [3.63, 3.8) is 0 Å². The van der Waals surface area contributed by atoms with E-state index in [0.717, 1.165) is 55.3 Å². The van der Waals surface area contributed by atoms with Gasteiger partial charge in [-0.3, -0.25) is 0 Å². The average Bonchev–Trinajstić information content (AvgIpc) is 3.04. The van der Waals surface area contributed by atoms with Crippen molar-refractivity contribution >= 4 is 56.4 Å². The molecule has 0 atom stereocenters. The van der Waals surface area contributed by atoms with Crippen molar-refractivity contribution in [3.8, 4) is 6.07 Å². The van der Waals surface area contributed by atoms with Crippen LogP contribution in [0.1, 0.15) is 48.6 Å². The van der Waals surface area contributed by atoms with E-state index < -0.39 is 0 Å². The minimum absolute atomic E-state index is 0.0541. The summed E-state index contributed by atoms with van der Waals surface area (Å²) in [6, 6.07) is 42.1. The third kappa shape index (κ3) is 5.45. The van der Waals surface area contributed by atoms with Gasteiger partial charge in [-0.05, 0) is 87.0 Å². The van der Waals surface area contributed by atoms with E-state index in [4.69, 9.17) is 6.57 Å². The van der Waals surface area contributed by atoms with Gasteiger partial charge in [0, 0.05) is 17.1 Å². The number of nitriles is 1. The lowest BCUT2D eigenvalue weighted by atomic mass is 9.84. The molecule has 3 nitrogen and oxygen atoms in total. The van der Waals surface area contributed by atoms with Crippen molar-refractivity contribution in [3.05, 3.63) is 154 Å². The first-order valence-electron chi connectivity index (χ1n) is 14.8. The lowest BCUT2D eigenvalue weighted by Crippen LogP contribution is -2.10. The molecule has 0 radical (unpaired) electrons. The normalized spacial score (nSPS) is 11.5. The number of aryl methyl sites for hydroxylation is 1. The van der Waals surface area contributed by atoms with Crippen LogP contribution < -0.4 is 4.90 Å². The number of rotatable bonds is 5. The van der Waals surface area contributed by atoms with Gasteiger partial charge in [0.1, 0.15) is 6.07 Å². The maximum absolute atomic E-state index is 10.2. The highest BCUT2D eigenvalue weighted by Crippen LogP contribution is 2.41. The van der Waals surface area contributed by atoms with Crippen LogP contribution in [0.2, 0.25) is 0 Å². The van der Waals surface area contributed by atoms with Gasteiger partial charge in [-0.1, -0.05) is 117 Å². The molecule has 0 spiro atoms. The van der Waals surface area contributed by atoms with Gasteiger partial charge >= 0.3 is 0 Å². The Morgan fingerprint density at radius 3 is 1.89 bits per heavy atom. The van der Waals surface area contributed by atoms with Crippen LogP contribution in [0, 0.1) is 24.8 Å². The van der Waals surface area contributed by atoms with Crippen molar-refractivity contribution in [1.82, 2.24) is 0 Å². The maximum atomic E-state index is 10.2. The zero-order valence-corrected chi connectivity index (χ0v) is 25.5. The van der Waals surface area contributed by atoms with Crippen LogP contribution in [-0.4, -0.2) is 0 Å². The quantitative estimate of drug-likeness (QED) is 0.118. The van der Waals surface area contributed by atoms with Gasteiger partial charge in [-0.2, -0.15) is 5.26 Å². The third-order valence-electron chi connectivity index (χ3n) is 8.13. The molecule has 6 aromatic rings. The number of fused-ring (bicyclic) bond motifs is 2. The molecule has 212 valence electrons. The van der Waals surface area contributed by atoms with Gasteiger partial charge in [0.15, 0.2) is 0 Å². The fourth-order valence-corrected chi connectivity index (χ4v) is 5.68. The molecule has 3 heteroatoms. The first-order valence-corrected chi connectivity index (χ1v) is 14.8. The number of hydrogen-bond donors (Lipinski definition) is 0. The zero-order valence-electron chi connectivity index (χ0n) is 25.5. The lowest BCUT2D eigenvalue weighted by Gasteiger charge is -2.25. The van der Waals surface area contributed by atoms with Crippen LogP contribution in [0.4, 0.5) is 22.7 Å². The van der Waals surface area contributed by atoms with Crippen LogP contribution in [0.5, 0.6) is 0 Å². The summed E-state index contributed by atoms with van der Waals surface area (Å²) in [6.07, 6.45) is 4.15. The summed E-state index contributed by atoms with van der Waals surface area (Å²) < 4.78 is 0. The Kier molecular flexibility index (Phi) is 7.48. The van der Waals surface area contributed by atoms with Crippen LogP contribution >= 0.6 is 0 Å². The van der Waals surface area contributed by atoms with E-state index in [-0.39, 0.29) is 5.41 Å². The predicted molar refractivity (Wildman–Crippen MR) is 186 cm³/mol. The summed E-state index contributed by atoms with van der Waals surface area (Å²) >= 11 is 0. The van der Waals surface area contributed by atoms with Gasteiger partial charge in [0.25, 0.3) is 0 Å². The standard InChI is InChI=1S/C41H33N3/c1-28-11-19-33(20-12-28)44(32-9-7-6-8-10-32)34-21-15-29(16-22-34)13-14-30-17-23-35-38(25-30)40(43-5)36-24-18-31(41(2,3)4)26-37(36)39(35)27-42/h6-26H,1-4H3. The highest BCUT2D eigenvalue weighted by Gasteiger charge is 2.19. The van der Waals surface area contributed by atoms with Crippen molar-refractivity contribution < 1.29 is 0 Å². The minimum atomic E-state index is -0.0541. The SMILES string of the molecule is [C-]#[N+]c1c2ccc(C(C)(C)C)cc2c(C#N)c2ccc(C=Cc3ccc(N(c4ccccc4)c4ccc(C)cc4)cc3)cc12. The van der Waals surface area contributed by atoms with E-state index in [2.05, 4.69) is 141 Å². The zero-order chi connectivity index (χ0) is 30.8. The van der Waals surface area contributed by atoms with Gasteiger partial charge in [0.2, 0.25) is 5.69 Å². The molecule has 0 fully saturated rings. The van der Waals surface area contributed by atoms with Crippen molar-refractivity contribution in [1.29, 1.82) is 5.26 Å². The number of hydrogen-bond acceptors (Lipinski definition) is 2. The number of para-hydroxylation sites is 1. The summed E-state index contributed by atoms with van der Waals surface area (Å²) in [5, 5.41) is 13.5. The molecule has 6 rings (SSSR count). The topological polar surface area (TPSA) is 31.4 Å². The summed E-state index contributed by atoms with van der Waals surface area (Å²) in [6.45, 7) is 16.6. The van der Waals surface area contributed by atoms with Gasteiger partial charge in [-0.25, -0.2) is 4.85 Å². The Balaban J connectivity index is 1.35. The van der Waals surface area contributed by atoms with Crippen molar-refractivity contribution in [2.24, 2.45) is 0 Å². The van der Waals surface area contributed by atoms with Gasteiger partial charge in [-0.15, -0.1) is 0 Å². The van der Waals surface area contributed by atoms with E-state index in [0.29, 0.717) is 11.3 Å². The lowest BCUT2D eigenvalue weighted by molar-refractivity contribution is 0.591. The number of anilines is 3. The molecule has 0 aliphatic carbocycles. The molecular weight excluding hydrogens is 534 g/mol. The van der Waals surface area contributed by atoms with E-state index in [9.17, 15) is 5.26 Å². The number of nitrogens with zero attached hydrogens (tertiary/aromatic N) is 3. The highest BCUT2D eigenvalue weighted by molar-refractivity contribution is 6.16. The van der Waals surface area contributed by atoms with Crippen LogP contribution in [0.25, 0.3) is 38.5 Å². The second kappa shape index (κ2) is 11.6. The van der Waals surface area contributed by atoms with Crippen molar-refractivity contribution in [2.75, 3.05) is 4.90 Å². The Bertz CT molecular complexity index is 2100. The van der Waals surface area contributed by atoms with E-state index in [1.165, 1.54) is 5.56 Å². The first-order chi connectivity index (χ1) is 21.3. The molecule has 0 saturated heterocycles. The molecule has 0 bridgehead atoms. The average molecular weight is 568 g/mol. The highest BCUT2D eigenvalue weighted by atomic mass is 15.1. The molecule has 0 unspecified atom stereocenters. The van der Waals surface area contributed by atoms with Crippen LogP contribution in [-0.2, 0) is 5.41 Å². The Morgan fingerprint density at radius 1 is 0.659 bits per heavy atom. The molecule has 0 N–H and O–H groups in total. The largest absolute Gasteiger partial charge is 0.311 e. The summed E-state index contributed by atoms with van der Waals surface area (Å²) in [5.41, 5.74) is 8.87. The predicted octanol–water partition coefficient (Wildman–Crippen LogP) is 11.7.